The number of para-hydroxylation sites is 4. The van der Waals surface area contributed by atoms with Gasteiger partial charge in [0.2, 0.25) is 0 Å². The number of anilines is 8. The Morgan fingerprint density at radius 1 is 0.443 bits per heavy atom. The summed E-state index contributed by atoms with van der Waals surface area (Å²) in [6.07, 6.45) is 5.82. The summed E-state index contributed by atoms with van der Waals surface area (Å²) in [6.45, 7) is 13.7. The number of aryl methyl sites for hydroxylation is 4. The third-order valence-electron chi connectivity index (χ3n) is 15.2. The normalized spacial score (nSPS) is 14.4. The Labute approximate surface area is 412 Å². The number of nitrogens with zero attached hydrogens (tertiary/aromatic N) is 7. The largest absolute Gasteiger partial charge is 0.422 e. The van der Waals surface area contributed by atoms with E-state index in [1.165, 1.54) is 66.0 Å². The monoisotopic (exact) mass is 919 g/mol. The van der Waals surface area contributed by atoms with Crippen molar-refractivity contribution in [1.82, 2.24) is 9.55 Å². The van der Waals surface area contributed by atoms with E-state index < -0.39 is 8.07 Å². The second kappa shape index (κ2) is 16.0. The maximum Gasteiger partial charge on any atom is 0.422 e. The van der Waals surface area contributed by atoms with Gasteiger partial charge in [0.15, 0.2) is 0 Å². The van der Waals surface area contributed by atoms with Crippen molar-refractivity contribution in [3.05, 3.63) is 229 Å². The molecule has 0 radical (unpaired) electrons. The first-order valence-electron chi connectivity index (χ1n) is 24.4. The number of fused-ring (bicyclic) bond motifs is 4. The quantitative estimate of drug-likeness (QED) is 0.0904. The molecule has 2 aromatic heterocycles. The van der Waals surface area contributed by atoms with E-state index in [2.05, 4.69) is 264 Å². The molecule has 13 rings (SSSR count). The molecule has 0 saturated heterocycles. The molecule has 10 aromatic rings. The van der Waals surface area contributed by atoms with Gasteiger partial charge in [0, 0.05) is 23.3 Å². The fraction of sp³-hybridized carbons (Fsp3) is 0.100. The molecule has 336 valence electrons. The zero-order valence-electron chi connectivity index (χ0n) is 40.3. The minimum absolute atomic E-state index is 0.202. The van der Waals surface area contributed by atoms with Crippen LogP contribution in [-0.2, 0) is 0 Å². The highest BCUT2D eigenvalue weighted by Crippen LogP contribution is 2.52. The molecule has 70 heavy (non-hydrogen) atoms. The first-order valence-corrected chi connectivity index (χ1v) is 27.4. The van der Waals surface area contributed by atoms with Gasteiger partial charge in [0.05, 0.1) is 45.2 Å². The van der Waals surface area contributed by atoms with Crippen LogP contribution in [0, 0.1) is 34.0 Å². The molecular weight excluding hydrogens is 868 g/mol. The molecule has 0 atom stereocenters. The Hall–Kier alpha value is -8.07. The third kappa shape index (κ3) is 6.22. The van der Waals surface area contributed by atoms with Gasteiger partial charge in [0.1, 0.15) is 13.9 Å². The van der Waals surface area contributed by atoms with Crippen molar-refractivity contribution in [2.24, 2.45) is 0 Å². The van der Waals surface area contributed by atoms with Crippen molar-refractivity contribution in [1.29, 1.82) is 0 Å². The molecule has 0 aliphatic carbocycles. The third-order valence-corrected chi connectivity index (χ3v) is 18.7. The lowest BCUT2D eigenvalue weighted by molar-refractivity contribution is -0.572. The zero-order chi connectivity index (χ0) is 47.4. The van der Waals surface area contributed by atoms with E-state index in [9.17, 15) is 0 Å². The first-order chi connectivity index (χ1) is 34.2. The van der Waals surface area contributed by atoms with Gasteiger partial charge < -0.3 is 19.2 Å². The predicted molar refractivity (Wildman–Crippen MR) is 295 cm³/mol. The molecule has 0 spiro atoms. The van der Waals surface area contributed by atoms with Gasteiger partial charge in [0.25, 0.3) is 6.33 Å². The van der Waals surface area contributed by atoms with Crippen LogP contribution >= 0.6 is 0 Å². The van der Waals surface area contributed by atoms with E-state index in [0.29, 0.717) is 0 Å². The van der Waals surface area contributed by atoms with E-state index in [1.807, 2.05) is 12.3 Å². The van der Waals surface area contributed by atoms with Gasteiger partial charge in [-0.25, -0.2) is 4.98 Å². The van der Waals surface area contributed by atoms with Crippen LogP contribution in [0.25, 0.3) is 22.4 Å². The van der Waals surface area contributed by atoms with E-state index in [-0.39, 0.29) is 14.0 Å². The molecule has 8 aromatic carbocycles. The molecule has 0 amide bonds. The smallest absolute Gasteiger partial charge is 0.360 e. The fourth-order valence-corrected chi connectivity index (χ4v) is 14.9. The lowest BCUT2D eigenvalue weighted by Gasteiger charge is -2.34. The molecule has 0 bridgehead atoms. The molecule has 0 fully saturated rings. The van der Waals surface area contributed by atoms with Crippen LogP contribution in [0.15, 0.2) is 200 Å². The van der Waals surface area contributed by atoms with Crippen LogP contribution in [0.4, 0.5) is 45.6 Å². The SMILES string of the molecule is Cc1cccc(C)c1B1N(c2ccc3c(c2)N(c2ccccn2)B(c2c(C)cccc2C)N3c2ccccc2)c2cc3c(cc2N1c1ccccc1)[Si](C)(C)c1cccc2c1n-3[c-][n+]2-c1ccccc1. The Morgan fingerprint density at radius 2 is 0.971 bits per heavy atom. The van der Waals surface area contributed by atoms with Crippen LogP contribution in [0.5, 0.6) is 0 Å². The highest BCUT2D eigenvalue weighted by molar-refractivity contribution is 7.03. The maximum absolute atomic E-state index is 5.12. The highest BCUT2D eigenvalue weighted by atomic mass is 28.3. The Morgan fingerprint density at radius 3 is 1.59 bits per heavy atom. The van der Waals surface area contributed by atoms with Gasteiger partial charge in [-0.15, -0.1) is 0 Å². The summed E-state index contributed by atoms with van der Waals surface area (Å²) in [7, 11) is -2.32. The van der Waals surface area contributed by atoms with Gasteiger partial charge >= 0.3 is 14.0 Å². The van der Waals surface area contributed by atoms with E-state index in [1.54, 1.807) is 0 Å². The Bertz CT molecular complexity index is 3640. The lowest BCUT2D eigenvalue weighted by atomic mass is 9.61. The molecule has 0 unspecified atom stereocenters. The predicted octanol–water partition coefficient (Wildman–Crippen LogP) is 10.8. The minimum Gasteiger partial charge on any atom is -0.360 e. The highest BCUT2D eigenvalue weighted by Gasteiger charge is 2.50. The van der Waals surface area contributed by atoms with Crippen LogP contribution in [0.2, 0.25) is 13.1 Å². The van der Waals surface area contributed by atoms with E-state index in [4.69, 9.17) is 4.98 Å². The van der Waals surface area contributed by atoms with Crippen molar-refractivity contribution in [3.63, 3.8) is 0 Å². The molecule has 7 nitrogen and oxygen atoms in total. The first kappa shape index (κ1) is 42.1. The van der Waals surface area contributed by atoms with Crippen LogP contribution in [-0.4, -0.2) is 31.6 Å². The molecule has 3 aliphatic rings. The van der Waals surface area contributed by atoms with Crippen LogP contribution < -0.4 is 45.1 Å². The number of aromatic nitrogens is 3. The second-order valence-corrected chi connectivity index (χ2v) is 24.0. The van der Waals surface area contributed by atoms with E-state index >= 15 is 0 Å². The van der Waals surface area contributed by atoms with Crippen molar-refractivity contribution in [2.75, 3.05) is 19.2 Å². The molecule has 0 N–H and O–H groups in total. The van der Waals surface area contributed by atoms with Crippen molar-refractivity contribution in [3.8, 4) is 11.4 Å². The van der Waals surface area contributed by atoms with Gasteiger partial charge in [-0.1, -0.05) is 151 Å². The molecule has 3 aliphatic heterocycles. The van der Waals surface area contributed by atoms with Crippen LogP contribution in [0.1, 0.15) is 22.3 Å². The number of imidazole rings is 1. The second-order valence-electron chi connectivity index (χ2n) is 19.6. The fourth-order valence-electron chi connectivity index (χ4n) is 12.0. The Kier molecular flexibility index (Phi) is 9.62. The van der Waals surface area contributed by atoms with Crippen molar-refractivity contribution in [2.45, 2.75) is 40.8 Å². The standard InChI is InChI=1S/C60H51B2N7Si/c1-41-21-18-22-42(2)58(41)61-67(47-29-14-9-15-30-47)53-39-56-54(65-40-64(45-25-10-7-11-26-45)50-31-20-32-55(60(50)65)70(56,5)6)38-52(53)68(61)48-34-35-49-51(37-48)69(57-33-16-17-36-63-57)62(59-43(3)23-19-24-44(59)4)66(49)46-27-12-8-13-28-46/h7-39H,1-6H3. The maximum atomic E-state index is 5.12. The van der Waals surface area contributed by atoms with Crippen molar-refractivity contribution < 1.29 is 4.57 Å². The summed E-state index contributed by atoms with van der Waals surface area (Å²) in [5, 5.41) is 2.82. The number of pyridine rings is 1. The molecule has 5 heterocycles. The average Bonchev–Trinajstić information content (AvgIpc) is 4.04. The number of hydrogen-bond donors (Lipinski definition) is 0. The van der Waals surface area contributed by atoms with Gasteiger partial charge in [-0.2, -0.15) is 0 Å². The lowest BCUT2D eigenvalue weighted by Crippen LogP contribution is -2.57. The zero-order valence-corrected chi connectivity index (χ0v) is 41.3. The molecule has 10 heteroatoms. The number of hydrogen-bond acceptors (Lipinski definition) is 5. The summed E-state index contributed by atoms with van der Waals surface area (Å²) in [5.74, 6) is 0.893. The average molecular weight is 920 g/mol. The summed E-state index contributed by atoms with van der Waals surface area (Å²) in [6, 6.07) is 71.2. The van der Waals surface area contributed by atoms with Crippen LogP contribution in [0.3, 0.4) is 0 Å². The molecular formula is C60H51B2N7Si. The summed E-state index contributed by atoms with van der Waals surface area (Å²) in [4.78, 5) is 15.3. The summed E-state index contributed by atoms with van der Waals surface area (Å²) in [5.41, 5.74) is 20.2. The summed E-state index contributed by atoms with van der Waals surface area (Å²) >= 11 is 0. The summed E-state index contributed by atoms with van der Waals surface area (Å²) < 4.78 is 4.61. The van der Waals surface area contributed by atoms with Crippen molar-refractivity contribution >= 4 is 100 Å². The Balaban J connectivity index is 1.11. The van der Waals surface area contributed by atoms with E-state index in [0.717, 1.165) is 45.6 Å². The minimum atomic E-state index is -2.32. The topological polar surface area (TPSA) is 34.7 Å². The number of rotatable bonds is 7. The number of benzene rings is 8. The van der Waals surface area contributed by atoms with Gasteiger partial charge in [-0.3, -0.25) is 9.13 Å². The molecule has 0 saturated carbocycles. The van der Waals surface area contributed by atoms with Gasteiger partial charge in [-0.05, 0) is 128 Å².